The fraction of sp³-hybridized carbons (Fsp3) is 0.667. The average molecular weight is 184 g/mol. The second kappa shape index (κ2) is 4.39. The normalized spacial score (nSPS) is 15.6. The standard InChI is InChI=1S/C9H16N2O2/c1-3-9(2,12)7-10-6-8-4-5-11-13-8/h4-5,10,12H,3,6-7H2,1-2H3. The van der Waals surface area contributed by atoms with Gasteiger partial charge in [0.05, 0.1) is 18.3 Å². The van der Waals surface area contributed by atoms with Crippen LogP contribution >= 0.6 is 0 Å². The first-order valence-electron chi connectivity index (χ1n) is 4.47. The van der Waals surface area contributed by atoms with Crippen LogP contribution in [0.2, 0.25) is 0 Å². The molecule has 1 aromatic rings. The fourth-order valence-electron chi connectivity index (χ4n) is 0.913. The van der Waals surface area contributed by atoms with Crippen molar-refractivity contribution < 1.29 is 9.63 Å². The molecule has 0 aliphatic heterocycles. The molecule has 74 valence electrons. The maximum atomic E-state index is 9.64. The van der Waals surface area contributed by atoms with Crippen LogP contribution < -0.4 is 5.32 Å². The molecule has 0 aliphatic rings. The smallest absolute Gasteiger partial charge is 0.150 e. The molecule has 0 aromatic carbocycles. The number of aromatic nitrogens is 1. The van der Waals surface area contributed by atoms with E-state index in [0.717, 1.165) is 12.2 Å². The summed E-state index contributed by atoms with van der Waals surface area (Å²) in [6, 6.07) is 1.80. The van der Waals surface area contributed by atoms with Gasteiger partial charge in [-0.05, 0) is 13.3 Å². The van der Waals surface area contributed by atoms with Gasteiger partial charge in [0.15, 0.2) is 0 Å². The quantitative estimate of drug-likeness (QED) is 0.714. The Morgan fingerprint density at radius 2 is 2.46 bits per heavy atom. The van der Waals surface area contributed by atoms with E-state index in [0.29, 0.717) is 13.1 Å². The molecule has 0 saturated heterocycles. The van der Waals surface area contributed by atoms with E-state index >= 15 is 0 Å². The summed E-state index contributed by atoms with van der Waals surface area (Å²) in [5, 5.41) is 16.3. The highest BCUT2D eigenvalue weighted by Crippen LogP contribution is 2.06. The molecule has 4 nitrogen and oxygen atoms in total. The molecule has 0 aliphatic carbocycles. The van der Waals surface area contributed by atoms with Gasteiger partial charge in [-0.2, -0.15) is 0 Å². The van der Waals surface area contributed by atoms with Crippen molar-refractivity contribution in [2.45, 2.75) is 32.4 Å². The molecule has 1 heterocycles. The van der Waals surface area contributed by atoms with Gasteiger partial charge in [0.25, 0.3) is 0 Å². The molecule has 1 rings (SSSR count). The molecule has 13 heavy (non-hydrogen) atoms. The van der Waals surface area contributed by atoms with Crippen LogP contribution in [-0.2, 0) is 6.54 Å². The number of nitrogens with zero attached hydrogens (tertiary/aromatic N) is 1. The van der Waals surface area contributed by atoms with E-state index in [1.807, 2.05) is 6.92 Å². The Bertz CT molecular complexity index is 232. The minimum Gasteiger partial charge on any atom is -0.389 e. The van der Waals surface area contributed by atoms with Crippen molar-refractivity contribution >= 4 is 0 Å². The third kappa shape index (κ3) is 3.57. The van der Waals surface area contributed by atoms with Crippen molar-refractivity contribution in [1.29, 1.82) is 0 Å². The lowest BCUT2D eigenvalue weighted by Gasteiger charge is -2.21. The first kappa shape index (κ1) is 10.2. The Balaban J connectivity index is 2.21. The lowest BCUT2D eigenvalue weighted by atomic mass is 10.0. The van der Waals surface area contributed by atoms with Crippen LogP contribution in [0.4, 0.5) is 0 Å². The van der Waals surface area contributed by atoms with Crippen LogP contribution in [0.15, 0.2) is 16.8 Å². The minimum absolute atomic E-state index is 0.560. The van der Waals surface area contributed by atoms with E-state index in [9.17, 15) is 5.11 Å². The van der Waals surface area contributed by atoms with Crippen LogP contribution in [-0.4, -0.2) is 22.4 Å². The zero-order chi connectivity index (χ0) is 9.73. The molecule has 0 bridgehead atoms. The van der Waals surface area contributed by atoms with Gasteiger partial charge in [-0.1, -0.05) is 12.1 Å². The van der Waals surface area contributed by atoms with Crippen LogP contribution in [0, 0.1) is 0 Å². The van der Waals surface area contributed by atoms with E-state index in [1.165, 1.54) is 0 Å². The second-order valence-electron chi connectivity index (χ2n) is 3.43. The van der Waals surface area contributed by atoms with Gasteiger partial charge in [-0.3, -0.25) is 0 Å². The van der Waals surface area contributed by atoms with Crippen molar-refractivity contribution in [1.82, 2.24) is 10.5 Å². The molecule has 0 amide bonds. The lowest BCUT2D eigenvalue weighted by molar-refractivity contribution is 0.0550. The van der Waals surface area contributed by atoms with Gasteiger partial charge < -0.3 is 14.9 Å². The SMILES string of the molecule is CCC(C)(O)CNCc1ccno1. The molecule has 1 atom stereocenters. The summed E-state index contributed by atoms with van der Waals surface area (Å²) in [5.41, 5.74) is -0.639. The van der Waals surface area contributed by atoms with Gasteiger partial charge in [0, 0.05) is 12.6 Å². The molecule has 0 spiro atoms. The summed E-state index contributed by atoms with van der Waals surface area (Å²) in [6.45, 7) is 4.93. The third-order valence-corrected chi connectivity index (χ3v) is 2.06. The Morgan fingerprint density at radius 3 is 3.00 bits per heavy atom. The fourth-order valence-corrected chi connectivity index (χ4v) is 0.913. The minimum atomic E-state index is -0.639. The topological polar surface area (TPSA) is 58.3 Å². The van der Waals surface area contributed by atoms with Crippen LogP contribution in [0.1, 0.15) is 26.0 Å². The highest BCUT2D eigenvalue weighted by molar-refractivity contribution is 4.92. The third-order valence-electron chi connectivity index (χ3n) is 2.06. The Labute approximate surface area is 77.9 Å². The maximum Gasteiger partial charge on any atom is 0.150 e. The number of hydrogen-bond donors (Lipinski definition) is 2. The van der Waals surface area contributed by atoms with Crippen LogP contribution in [0.5, 0.6) is 0 Å². The van der Waals surface area contributed by atoms with E-state index in [-0.39, 0.29) is 0 Å². The molecule has 1 unspecified atom stereocenters. The van der Waals surface area contributed by atoms with Crippen molar-refractivity contribution in [2.24, 2.45) is 0 Å². The van der Waals surface area contributed by atoms with Gasteiger partial charge in [0.2, 0.25) is 0 Å². The lowest BCUT2D eigenvalue weighted by Crippen LogP contribution is -2.36. The van der Waals surface area contributed by atoms with E-state index in [1.54, 1.807) is 19.2 Å². The van der Waals surface area contributed by atoms with Crippen molar-refractivity contribution in [2.75, 3.05) is 6.54 Å². The molecule has 0 radical (unpaired) electrons. The van der Waals surface area contributed by atoms with Crippen molar-refractivity contribution in [3.63, 3.8) is 0 Å². The Morgan fingerprint density at radius 1 is 1.69 bits per heavy atom. The van der Waals surface area contributed by atoms with Crippen LogP contribution in [0.3, 0.4) is 0 Å². The predicted octanol–water partition coefficient (Wildman–Crippen LogP) is 0.925. The monoisotopic (exact) mass is 184 g/mol. The zero-order valence-corrected chi connectivity index (χ0v) is 8.08. The summed E-state index contributed by atoms with van der Waals surface area (Å²) in [4.78, 5) is 0. The molecule has 2 N–H and O–H groups in total. The molecule has 0 fully saturated rings. The van der Waals surface area contributed by atoms with Gasteiger partial charge >= 0.3 is 0 Å². The molecular formula is C9H16N2O2. The maximum absolute atomic E-state index is 9.64. The number of hydrogen-bond acceptors (Lipinski definition) is 4. The number of aliphatic hydroxyl groups is 1. The highest BCUT2D eigenvalue weighted by atomic mass is 16.5. The van der Waals surface area contributed by atoms with E-state index in [4.69, 9.17) is 4.52 Å². The summed E-state index contributed by atoms with van der Waals surface area (Å²) < 4.78 is 4.89. The van der Waals surface area contributed by atoms with Crippen LogP contribution in [0.25, 0.3) is 0 Å². The molecule has 0 saturated carbocycles. The van der Waals surface area contributed by atoms with Gasteiger partial charge in [-0.15, -0.1) is 0 Å². The molecular weight excluding hydrogens is 168 g/mol. The predicted molar refractivity (Wildman–Crippen MR) is 49.1 cm³/mol. The number of rotatable bonds is 5. The first-order chi connectivity index (χ1) is 6.14. The Hall–Kier alpha value is -0.870. The molecule has 1 aromatic heterocycles. The second-order valence-corrected chi connectivity index (χ2v) is 3.43. The van der Waals surface area contributed by atoms with Crippen molar-refractivity contribution in [3.05, 3.63) is 18.0 Å². The summed E-state index contributed by atoms with van der Waals surface area (Å²) >= 11 is 0. The first-order valence-corrected chi connectivity index (χ1v) is 4.47. The van der Waals surface area contributed by atoms with Gasteiger partial charge in [0.1, 0.15) is 5.76 Å². The highest BCUT2D eigenvalue weighted by Gasteiger charge is 2.16. The van der Waals surface area contributed by atoms with Crippen molar-refractivity contribution in [3.8, 4) is 0 Å². The molecule has 4 heteroatoms. The Kier molecular flexibility index (Phi) is 3.45. The largest absolute Gasteiger partial charge is 0.389 e. The summed E-state index contributed by atoms with van der Waals surface area (Å²) in [6.07, 6.45) is 2.34. The van der Waals surface area contributed by atoms with E-state index in [2.05, 4.69) is 10.5 Å². The zero-order valence-electron chi connectivity index (χ0n) is 8.08. The summed E-state index contributed by atoms with van der Waals surface area (Å²) in [7, 11) is 0. The summed E-state index contributed by atoms with van der Waals surface area (Å²) in [5.74, 6) is 0.784. The average Bonchev–Trinajstić information content (AvgIpc) is 2.57. The number of nitrogens with one attached hydrogen (secondary N) is 1. The van der Waals surface area contributed by atoms with Gasteiger partial charge in [-0.25, -0.2) is 0 Å². The van der Waals surface area contributed by atoms with E-state index < -0.39 is 5.60 Å².